The van der Waals surface area contributed by atoms with Gasteiger partial charge in [-0.15, -0.1) is 11.3 Å². The molecule has 0 atom stereocenters. The summed E-state index contributed by atoms with van der Waals surface area (Å²) in [6.07, 6.45) is 0. The van der Waals surface area contributed by atoms with Gasteiger partial charge in [0.2, 0.25) is 0 Å². The molecule has 1 heterocycles. The van der Waals surface area contributed by atoms with Gasteiger partial charge in [0.05, 0.1) is 14.2 Å². The monoisotopic (exact) mass is 464 g/mol. The summed E-state index contributed by atoms with van der Waals surface area (Å²) >= 11 is 1.23. The average molecular weight is 464 g/mol. The van der Waals surface area contributed by atoms with E-state index in [1.165, 1.54) is 55.2 Å². The lowest BCUT2D eigenvalue weighted by Crippen LogP contribution is -2.21. The van der Waals surface area contributed by atoms with E-state index >= 15 is 0 Å². The number of anilines is 1. The molecule has 0 fully saturated rings. The lowest BCUT2D eigenvalue weighted by molar-refractivity contribution is -0.119. The van der Waals surface area contributed by atoms with Crippen LogP contribution in [0.15, 0.2) is 47.8 Å². The van der Waals surface area contributed by atoms with E-state index in [0.29, 0.717) is 22.2 Å². The van der Waals surface area contributed by atoms with Crippen molar-refractivity contribution in [1.29, 1.82) is 0 Å². The number of esters is 1. The molecule has 2 aromatic carbocycles. The van der Waals surface area contributed by atoms with Gasteiger partial charge in [-0.25, -0.2) is 9.78 Å². The van der Waals surface area contributed by atoms with E-state index in [4.69, 9.17) is 14.2 Å². The summed E-state index contributed by atoms with van der Waals surface area (Å²) in [4.78, 5) is 28.5. The van der Waals surface area contributed by atoms with Gasteiger partial charge in [-0.3, -0.25) is 4.79 Å². The summed E-state index contributed by atoms with van der Waals surface area (Å²) in [6, 6.07) is 10.6. The number of carbonyl (C=O) groups is 2. The standard InChI is InChI=1S/C21H18F2N2O6S/c1-28-16-8-3-12(9-17(16)29-2)19-25-15(11-32-19)20(27)30-10-18(26)24-13-4-6-14(7-5-13)31-21(22)23/h3-9,11,21H,10H2,1-2H3,(H,24,26). The Bertz CT molecular complexity index is 1090. The molecule has 0 aliphatic carbocycles. The van der Waals surface area contributed by atoms with Crippen LogP contribution >= 0.6 is 11.3 Å². The van der Waals surface area contributed by atoms with E-state index in [9.17, 15) is 18.4 Å². The van der Waals surface area contributed by atoms with Gasteiger partial charge in [-0.05, 0) is 42.5 Å². The molecule has 0 bridgehead atoms. The second-order valence-corrected chi connectivity index (χ2v) is 6.99. The maximum Gasteiger partial charge on any atom is 0.387 e. The van der Waals surface area contributed by atoms with Crippen molar-refractivity contribution < 1.29 is 37.3 Å². The van der Waals surface area contributed by atoms with E-state index in [-0.39, 0.29) is 11.4 Å². The Balaban J connectivity index is 1.55. The highest BCUT2D eigenvalue weighted by molar-refractivity contribution is 7.13. The minimum Gasteiger partial charge on any atom is -0.493 e. The Morgan fingerprint density at radius 3 is 2.44 bits per heavy atom. The maximum atomic E-state index is 12.2. The average Bonchev–Trinajstić information content (AvgIpc) is 3.28. The smallest absolute Gasteiger partial charge is 0.387 e. The molecule has 0 aliphatic rings. The topological polar surface area (TPSA) is 96.0 Å². The van der Waals surface area contributed by atoms with Crippen LogP contribution in [0.2, 0.25) is 0 Å². The zero-order valence-electron chi connectivity index (χ0n) is 17.0. The molecule has 0 spiro atoms. The lowest BCUT2D eigenvalue weighted by Gasteiger charge is -2.08. The maximum absolute atomic E-state index is 12.2. The van der Waals surface area contributed by atoms with E-state index in [2.05, 4.69) is 15.0 Å². The fraction of sp³-hybridized carbons (Fsp3) is 0.190. The molecule has 1 amide bonds. The molecule has 1 aromatic heterocycles. The fourth-order valence-corrected chi connectivity index (χ4v) is 3.38. The van der Waals surface area contributed by atoms with Crippen molar-refractivity contribution >= 4 is 28.9 Å². The first-order valence-electron chi connectivity index (χ1n) is 9.09. The first-order chi connectivity index (χ1) is 15.4. The second kappa shape index (κ2) is 10.5. The van der Waals surface area contributed by atoms with Gasteiger partial charge < -0.3 is 24.3 Å². The second-order valence-electron chi connectivity index (χ2n) is 6.13. The van der Waals surface area contributed by atoms with E-state index in [1.807, 2.05) is 0 Å². The van der Waals surface area contributed by atoms with Crippen LogP contribution in [-0.4, -0.2) is 44.3 Å². The Kier molecular flexibility index (Phi) is 7.55. The first-order valence-corrected chi connectivity index (χ1v) is 9.97. The zero-order valence-corrected chi connectivity index (χ0v) is 17.8. The first kappa shape index (κ1) is 22.9. The molecular weight excluding hydrogens is 446 g/mol. The number of ether oxygens (including phenoxy) is 4. The van der Waals surface area contributed by atoms with Crippen LogP contribution in [0.4, 0.5) is 14.5 Å². The highest BCUT2D eigenvalue weighted by Crippen LogP contribution is 2.33. The molecule has 3 aromatic rings. The molecule has 0 saturated heterocycles. The number of nitrogens with one attached hydrogen (secondary N) is 1. The van der Waals surface area contributed by atoms with Gasteiger partial charge in [-0.2, -0.15) is 8.78 Å². The number of alkyl halides is 2. The summed E-state index contributed by atoms with van der Waals surface area (Å²) in [5.41, 5.74) is 1.11. The number of carbonyl (C=O) groups excluding carboxylic acids is 2. The van der Waals surface area contributed by atoms with Crippen molar-refractivity contribution in [3.63, 3.8) is 0 Å². The molecule has 0 saturated carbocycles. The third kappa shape index (κ3) is 5.91. The molecule has 32 heavy (non-hydrogen) atoms. The van der Waals surface area contributed by atoms with Crippen LogP contribution in [0, 0.1) is 0 Å². The Morgan fingerprint density at radius 1 is 1.06 bits per heavy atom. The highest BCUT2D eigenvalue weighted by atomic mass is 32.1. The highest BCUT2D eigenvalue weighted by Gasteiger charge is 2.16. The largest absolute Gasteiger partial charge is 0.493 e. The number of aromatic nitrogens is 1. The number of thiazole rings is 1. The summed E-state index contributed by atoms with van der Waals surface area (Å²) in [7, 11) is 3.05. The van der Waals surface area contributed by atoms with Crippen molar-refractivity contribution in [3.8, 4) is 27.8 Å². The number of hydrogen-bond acceptors (Lipinski definition) is 8. The van der Waals surface area contributed by atoms with Crippen molar-refractivity contribution in [1.82, 2.24) is 4.98 Å². The molecule has 0 unspecified atom stereocenters. The normalized spacial score (nSPS) is 10.5. The Labute approximate surface area is 185 Å². The summed E-state index contributed by atoms with van der Waals surface area (Å²) in [6.45, 7) is -3.48. The third-order valence-electron chi connectivity index (χ3n) is 4.04. The van der Waals surface area contributed by atoms with Gasteiger partial charge in [-0.1, -0.05) is 0 Å². The number of methoxy groups -OCH3 is 2. The van der Waals surface area contributed by atoms with Crippen LogP contribution < -0.4 is 19.5 Å². The van der Waals surface area contributed by atoms with Gasteiger partial charge >= 0.3 is 12.6 Å². The minimum absolute atomic E-state index is 0.0433. The summed E-state index contributed by atoms with van der Waals surface area (Å²) in [5.74, 6) is -0.317. The molecule has 11 heteroatoms. The molecule has 3 rings (SSSR count). The van der Waals surface area contributed by atoms with Gasteiger partial charge in [0.1, 0.15) is 10.8 Å². The van der Waals surface area contributed by atoms with Crippen molar-refractivity contribution in [2.75, 3.05) is 26.1 Å². The van der Waals surface area contributed by atoms with Crippen molar-refractivity contribution in [2.45, 2.75) is 6.61 Å². The van der Waals surface area contributed by atoms with Crippen LogP contribution in [0.25, 0.3) is 10.6 Å². The molecule has 0 aliphatic heterocycles. The van der Waals surface area contributed by atoms with Gasteiger partial charge in [0.25, 0.3) is 5.91 Å². The quantitative estimate of drug-likeness (QED) is 0.474. The molecule has 0 radical (unpaired) electrons. The van der Waals surface area contributed by atoms with Crippen LogP contribution in [0.1, 0.15) is 10.5 Å². The van der Waals surface area contributed by atoms with E-state index in [0.717, 1.165) is 5.56 Å². The number of rotatable bonds is 9. The predicted octanol–water partition coefficient (Wildman–Crippen LogP) is 4.22. The fourth-order valence-electron chi connectivity index (χ4n) is 2.59. The number of halogens is 2. The SMILES string of the molecule is COc1ccc(-c2nc(C(=O)OCC(=O)Nc3ccc(OC(F)F)cc3)cs2)cc1OC. The van der Waals surface area contributed by atoms with Crippen LogP contribution in [0.5, 0.6) is 17.2 Å². The van der Waals surface area contributed by atoms with Crippen molar-refractivity contribution in [2.24, 2.45) is 0 Å². The van der Waals surface area contributed by atoms with E-state index < -0.39 is 25.1 Å². The molecule has 168 valence electrons. The summed E-state index contributed by atoms with van der Waals surface area (Å²) in [5, 5.41) is 4.57. The van der Waals surface area contributed by atoms with E-state index in [1.54, 1.807) is 18.2 Å². The van der Waals surface area contributed by atoms with Crippen LogP contribution in [-0.2, 0) is 9.53 Å². The van der Waals surface area contributed by atoms with Gasteiger partial charge in [0.15, 0.2) is 23.8 Å². The van der Waals surface area contributed by atoms with Crippen molar-refractivity contribution in [3.05, 3.63) is 53.5 Å². The Hall–Kier alpha value is -3.73. The number of nitrogens with zero attached hydrogens (tertiary/aromatic N) is 1. The lowest BCUT2D eigenvalue weighted by atomic mass is 10.2. The molecule has 8 nitrogen and oxygen atoms in total. The molecular formula is C21H18F2N2O6S. The van der Waals surface area contributed by atoms with Crippen LogP contribution in [0.3, 0.4) is 0 Å². The third-order valence-corrected chi connectivity index (χ3v) is 4.93. The number of benzene rings is 2. The minimum atomic E-state index is -2.94. The summed E-state index contributed by atoms with van der Waals surface area (Å²) < 4.78 is 44.0. The molecule has 1 N–H and O–H groups in total. The Morgan fingerprint density at radius 2 is 1.78 bits per heavy atom. The zero-order chi connectivity index (χ0) is 23.1. The number of amides is 1. The number of hydrogen-bond donors (Lipinski definition) is 1. The van der Waals surface area contributed by atoms with Gasteiger partial charge in [0, 0.05) is 16.6 Å². The predicted molar refractivity (Wildman–Crippen MR) is 113 cm³/mol.